The molecule has 8 heteroatoms. The molecule has 208 valence electrons. The first-order chi connectivity index (χ1) is 20.0. The number of carbonyl (C=O) groups is 1. The summed E-state index contributed by atoms with van der Waals surface area (Å²) in [5, 5.41) is 14.4. The normalized spacial score (nSPS) is 18.0. The van der Waals surface area contributed by atoms with Crippen LogP contribution in [0.1, 0.15) is 63.8 Å². The van der Waals surface area contributed by atoms with Crippen LogP contribution in [0.2, 0.25) is 5.02 Å². The van der Waals surface area contributed by atoms with Crippen LogP contribution in [0.5, 0.6) is 0 Å². The molecule has 0 N–H and O–H groups in total. The second kappa shape index (κ2) is 11.9. The number of carbonyl (C=O) groups excluding carboxylic acids is 1. The molecule has 0 saturated carbocycles. The second-order valence-electron chi connectivity index (χ2n) is 10.9. The van der Waals surface area contributed by atoms with E-state index >= 15 is 0 Å². The molecule has 2 aliphatic heterocycles. The van der Waals surface area contributed by atoms with E-state index in [2.05, 4.69) is 11.0 Å². The SMILES string of the molecule is N#Cc1ccc(CN2CCC(c3c(C(=O)N4CCC(c5ccccc5F)C4)cnn3-c3ccc(Cl)cc3)CC2)cc1. The molecule has 1 aromatic heterocycles. The smallest absolute Gasteiger partial charge is 0.257 e. The maximum absolute atomic E-state index is 14.5. The first kappa shape index (κ1) is 27.2. The molecule has 41 heavy (non-hydrogen) atoms. The first-order valence-electron chi connectivity index (χ1n) is 14.1. The van der Waals surface area contributed by atoms with Crippen molar-refractivity contribution in [1.82, 2.24) is 19.6 Å². The number of nitrogens with zero attached hydrogens (tertiary/aromatic N) is 5. The molecule has 3 heterocycles. The Morgan fingerprint density at radius 1 is 0.951 bits per heavy atom. The average Bonchev–Trinajstić information content (AvgIpc) is 3.67. The largest absolute Gasteiger partial charge is 0.338 e. The highest BCUT2D eigenvalue weighted by atomic mass is 35.5. The van der Waals surface area contributed by atoms with Crippen molar-refractivity contribution < 1.29 is 9.18 Å². The molecule has 0 bridgehead atoms. The zero-order valence-corrected chi connectivity index (χ0v) is 23.5. The number of amides is 1. The third-order valence-corrected chi connectivity index (χ3v) is 8.64. The molecule has 6 nitrogen and oxygen atoms in total. The number of halogens is 2. The second-order valence-corrected chi connectivity index (χ2v) is 11.4. The molecule has 0 aliphatic carbocycles. The molecule has 3 aromatic carbocycles. The highest BCUT2D eigenvalue weighted by Crippen LogP contribution is 2.35. The van der Waals surface area contributed by atoms with E-state index < -0.39 is 0 Å². The van der Waals surface area contributed by atoms with Crippen LogP contribution in [0.4, 0.5) is 4.39 Å². The van der Waals surface area contributed by atoms with Crippen molar-refractivity contribution in [3.8, 4) is 11.8 Å². The van der Waals surface area contributed by atoms with Gasteiger partial charge < -0.3 is 4.90 Å². The molecular formula is C33H31ClFN5O. The summed E-state index contributed by atoms with van der Waals surface area (Å²) in [6, 6.07) is 24.3. The van der Waals surface area contributed by atoms with E-state index in [1.54, 1.807) is 12.3 Å². The number of hydrogen-bond acceptors (Lipinski definition) is 4. The highest BCUT2D eigenvalue weighted by molar-refractivity contribution is 6.30. The minimum absolute atomic E-state index is 0.0135. The standard InChI is InChI=1S/C33H31ClFN5O/c34-27-9-11-28(12-10-27)40-32(25-13-16-38(17-14-25)21-24-7-5-23(19-36)6-8-24)30(20-37-40)33(41)39-18-15-26(22-39)29-3-1-2-4-31(29)35/h1-12,20,25-26H,13-18,21-22H2. The van der Waals surface area contributed by atoms with Crippen LogP contribution in [0.15, 0.2) is 79.0 Å². The fourth-order valence-electron chi connectivity index (χ4n) is 6.19. The fraction of sp³-hybridized carbons (Fsp3) is 0.303. The molecule has 2 saturated heterocycles. The Balaban J connectivity index is 1.23. The van der Waals surface area contributed by atoms with Gasteiger partial charge in [-0.2, -0.15) is 10.4 Å². The number of aromatic nitrogens is 2. The van der Waals surface area contributed by atoms with E-state index in [1.165, 1.54) is 11.6 Å². The van der Waals surface area contributed by atoms with Gasteiger partial charge in [0, 0.05) is 36.5 Å². The van der Waals surface area contributed by atoms with Crippen LogP contribution in [0, 0.1) is 17.1 Å². The van der Waals surface area contributed by atoms with E-state index in [4.69, 9.17) is 22.0 Å². The summed E-state index contributed by atoms with van der Waals surface area (Å²) >= 11 is 6.17. The van der Waals surface area contributed by atoms with Crippen LogP contribution in [-0.2, 0) is 6.54 Å². The molecule has 1 unspecified atom stereocenters. The minimum atomic E-state index is -0.212. The van der Waals surface area contributed by atoms with Crippen LogP contribution in [-0.4, -0.2) is 51.7 Å². The van der Waals surface area contributed by atoms with Gasteiger partial charge in [0.1, 0.15) is 5.82 Å². The third kappa shape index (κ3) is 5.76. The number of nitriles is 1. The molecule has 1 atom stereocenters. The Labute approximate surface area is 244 Å². The van der Waals surface area contributed by atoms with Gasteiger partial charge in [-0.05, 0) is 85.9 Å². The summed E-state index contributed by atoms with van der Waals surface area (Å²) in [4.78, 5) is 18.2. The van der Waals surface area contributed by atoms with Gasteiger partial charge >= 0.3 is 0 Å². The molecule has 0 spiro atoms. The van der Waals surface area contributed by atoms with E-state index in [9.17, 15) is 9.18 Å². The van der Waals surface area contributed by atoms with Crippen LogP contribution in [0.25, 0.3) is 5.69 Å². The van der Waals surface area contributed by atoms with Crippen molar-refractivity contribution in [2.24, 2.45) is 0 Å². The Hall–Kier alpha value is -3.99. The molecule has 0 radical (unpaired) electrons. The quantitative estimate of drug-likeness (QED) is 0.265. The Bertz CT molecular complexity index is 1570. The lowest BCUT2D eigenvalue weighted by atomic mass is 9.90. The molecular weight excluding hydrogens is 537 g/mol. The lowest BCUT2D eigenvalue weighted by molar-refractivity contribution is 0.0788. The zero-order valence-electron chi connectivity index (χ0n) is 22.7. The van der Waals surface area contributed by atoms with E-state index in [1.807, 2.05) is 70.2 Å². The van der Waals surface area contributed by atoms with Gasteiger partial charge in [0.25, 0.3) is 5.91 Å². The Morgan fingerprint density at radius 3 is 2.37 bits per heavy atom. The summed E-state index contributed by atoms with van der Waals surface area (Å²) in [5.74, 6) is -0.107. The Kier molecular flexibility index (Phi) is 7.86. The fourth-order valence-corrected chi connectivity index (χ4v) is 6.31. The lowest BCUT2D eigenvalue weighted by Gasteiger charge is -2.33. The highest BCUT2D eigenvalue weighted by Gasteiger charge is 2.34. The maximum atomic E-state index is 14.5. The van der Waals surface area contributed by atoms with Crippen molar-refractivity contribution >= 4 is 17.5 Å². The van der Waals surface area contributed by atoms with Crippen molar-refractivity contribution in [3.05, 3.63) is 118 Å². The topological polar surface area (TPSA) is 65.2 Å². The first-order valence-corrected chi connectivity index (χ1v) is 14.5. The summed E-state index contributed by atoms with van der Waals surface area (Å²) in [6.07, 6.45) is 4.23. The number of piperidine rings is 1. The van der Waals surface area contributed by atoms with Gasteiger partial charge in [-0.3, -0.25) is 9.69 Å². The molecule has 4 aromatic rings. The number of benzene rings is 3. The minimum Gasteiger partial charge on any atom is -0.338 e. The van der Waals surface area contributed by atoms with Crippen molar-refractivity contribution in [1.29, 1.82) is 5.26 Å². The van der Waals surface area contributed by atoms with Gasteiger partial charge in [0.05, 0.1) is 34.8 Å². The van der Waals surface area contributed by atoms with Gasteiger partial charge in [-0.25, -0.2) is 9.07 Å². The summed E-state index contributed by atoms with van der Waals surface area (Å²) in [5.41, 5.74) is 4.95. The van der Waals surface area contributed by atoms with Crippen LogP contribution >= 0.6 is 11.6 Å². The number of hydrogen-bond donors (Lipinski definition) is 0. The monoisotopic (exact) mass is 567 g/mol. The zero-order chi connectivity index (χ0) is 28.3. The average molecular weight is 568 g/mol. The number of rotatable bonds is 6. The van der Waals surface area contributed by atoms with Crippen molar-refractivity contribution in [2.75, 3.05) is 26.2 Å². The molecule has 2 aliphatic rings. The molecule has 6 rings (SSSR count). The van der Waals surface area contributed by atoms with Gasteiger partial charge in [-0.1, -0.05) is 41.9 Å². The van der Waals surface area contributed by atoms with Gasteiger partial charge in [0.2, 0.25) is 0 Å². The summed E-state index contributed by atoms with van der Waals surface area (Å²) in [7, 11) is 0. The van der Waals surface area contributed by atoms with Gasteiger partial charge in [0.15, 0.2) is 0 Å². The van der Waals surface area contributed by atoms with Crippen molar-refractivity contribution in [2.45, 2.75) is 37.6 Å². The van der Waals surface area contributed by atoms with Gasteiger partial charge in [-0.15, -0.1) is 0 Å². The van der Waals surface area contributed by atoms with Crippen LogP contribution < -0.4 is 0 Å². The van der Waals surface area contributed by atoms with Crippen molar-refractivity contribution in [3.63, 3.8) is 0 Å². The van der Waals surface area contributed by atoms with E-state index in [0.717, 1.165) is 50.3 Å². The van der Waals surface area contributed by atoms with E-state index in [-0.39, 0.29) is 23.6 Å². The molecule has 2 fully saturated rings. The van der Waals surface area contributed by atoms with E-state index in [0.29, 0.717) is 34.8 Å². The lowest BCUT2D eigenvalue weighted by Crippen LogP contribution is -2.34. The Morgan fingerprint density at radius 2 is 1.66 bits per heavy atom. The summed E-state index contributed by atoms with van der Waals surface area (Å²) < 4.78 is 16.4. The third-order valence-electron chi connectivity index (χ3n) is 8.39. The summed E-state index contributed by atoms with van der Waals surface area (Å²) in [6.45, 7) is 3.69. The van der Waals surface area contributed by atoms with Crippen LogP contribution in [0.3, 0.4) is 0 Å². The maximum Gasteiger partial charge on any atom is 0.257 e. The molecule has 1 amide bonds. The number of likely N-dealkylation sites (tertiary alicyclic amines) is 2. The predicted molar refractivity (Wildman–Crippen MR) is 157 cm³/mol. The predicted octanol–water partition coefficient (Wildman–Crippen LogP) is 6.55.